The number of rotatable bonds is 5. The molecular weight excluding hydrogens is 282 g/mol. The number of H-pyrrole nitrogens is 1. The number of nitrogens with one attached hydrogen (secondary N) is 2. The van der Waals surface area contributed by atoms with Gasteiger partial charge in [-0.3, -0.25) is 5.10 Å². The second kappa shape index (κ2) is 5.39. The number of furan rings is 1. The summed E-state index contributed by atoms with van der Waals surface area (Å²) in [5.74, 6) is 0.666. The lowest BCUT2D eigenvalue weighted by atomic mass is 10.2. The lowest BCUT2D eigenvalue weighted by Gasteiger charge is -2.13. The molecule has 1 unspecified atom stereocenters. The molecule has 0 saturated heterocycles. The highest BCUT2D eigenvalue weighted by Crippen LogP contribution is 2.27. The van der Waals surface area contributed by atoms with E-state index < -0.39 is 16.1 Å². The number of aryl methyl sites for hydroxylation is 2. The zero-order chi connectivity index (χ0) is 14.9. The Morgan fingerprint density at radius 2 is 2.15 bits per heavy atom. The molecule has 2 heterocycles. The summed E-state index contributed by atoms with van der Waals surface area (Å²) in [6.45, 7) is 4.50. The van der Waals surface area contributed by atoms with Crippen molar-refractivity contribution in [3.05, 3.63) is 35.0 Å². The highest BCUT2D eigenvalue weighted by Gasteiger charge is 2.28. The Hall–Kier alpha value is -1.64. The summed E-state index contributed by atoms with van der Waals surface area (Å²) in [7, 11) is -3.78. The van der Waals surface area contributed by atoms with Crippen LogP contribution in [0.1, 0.15) is 35.6 Å². The summed E-state index contributed by atoms with van der Waals surface area (Å²) in [5.41, 5.74) is 1.01. The van der Waals surface area contributed by atoms with Crippen LogP contribution in [0.5, 0.6) is 0 Å². The van der Waals surface area contributed by atoms with Gasteiger partial charge in [-0.2, -0.15) is 5.10 Å². The van der Waals surface area contributed by atoms with Gasteiger partial charge in [-0.1, -0.05) is 0 Å². The van der Waals surface area contributed by atoms with Gasteiger partial charge in [0.25, 0.3) is 0 Å². The molecular formula is C12H17N3O4S. The summed E-state index contributed by atoms with van der Waals surface area (Å²) < 4.78 is 32.7. The SMILES string of the molecule is Cc1oc(C)c(S(=O)(=O)NC(C)c2cn[nH]c2)c1CO. The van der Waals surface area contributed by atoms with Crippen LogP contribution in [0.15, 0.2) is 21.7 Å². The van der Waals surface area contributed by atoms with Crippen molar-refractivity contribution in [1.29, 1.82) is 0 Å². The summed E-state index contributed by atoms with van der Waals surface area (Å²) in [6, 6.07) is -0.445. The standard InChI is InChI=1S/C12H17N3O4S/c1-7(10-4-13-14-5-10)15-20(17,18)12-9(3)19-8(2)11(12)6-16/h4-5,7,15-16H,6H2,1-3H3,(H,13,14). The van der Waals surface area contributed by atoms with E-state index in [0.717, 1.165) is 5.56 Å². The molecule has 0 bridgehead atoms. The van der Waals surface area contributed by atoms with Crippen molar-refractivity contribution in [3.8, 4) is 0 Å². The average molecular weight is 299 g/mol. The van der Waals surface area contributed by atoms with E-state index >= 15 is 0 Å². The third kappa shape index (κ3) is 2.62. The van der Waals surface area contributed by atoms with Gasteiger partial charge < -0.3 is 9.52 Å². The highest BCUT2D eigenvalue weighted by molar-refractivity contribution is 7.89. The molecule has 0 spiro atoms. The Bertz CT molecular complexity index is 689. The van der Waals surface area contributed by atoms with Gasteiger partial charge in [0.2, 0.25) is 10.0 Å². The quantitative estimate of drug-likeness (QED) is 0.767. The normalized spacial score (nSPS) is 13.6. The first-order valence-electron chi connectivity index (χ1n) is 6.07. The van der Waals surface area contributed by atoms with Crippen molar-refractivity contribution in [1.82, 2.24) is 14.9 Å². The lowest BCUT2D eigenvalue weighted by molar-refractivity contribution is 0.276. The number of aliphatic hydroxyl groups is 1. The van der Waals surface area contributed by atoms with Crippen LogP contribution in [0.3, 0.4) is 0 Å². The summed E-state index contributed by atoms with van der Waals surface area (Å²) in [6.07, 6.45) is 3.17. The van der Waals surface area contributed by atoms with Crippen molar-refractivity contribution >= 4 is 10.0 Å². The van der Waals surface area contributed by atoms with Crippen LogP contribution in [-0.2, 0) is 16.6 Å². The summed E-state index contributed by atoms with van der Waals surface area (Å²) in [5, 5.41) is 15.7. The maximum Gasteiger partial charge on any atom is 0.244 e. The largest absolute Gasteiger partial charge is 0.465 e. The van der Waals surface area contributed by atoms with E-state index in [0.29, 0.717) is 5.76 Å². The van der Waals surface area contributed by atoms with E-state index in [1.165, 1.54) is 0 Å². The molecule has 0 radical (unpaired) electrons. The zero-order valence-electron chi connectivity index (χ0n) is 11.5. The fourth-order valence-corrected chi connectivity index (χ4v) is 3.77. The maximum atomic E-state index is 12.4. The van der Waals surface area contributed by atoms with E-state index in [1.54, 1.807) is 33.2 Å². The van der Waals surface area contributed by atoms with Crippen LogP contribution in [-0.4, -0.2) is 23.7 Å². The van der Waals surface area contributed by atoms with Crippen molar-refractivity contribution < 1.29 is 17.9 Å². The van der Waals surface area contributed by atoms with E-state index in [4.69, 9.17) is 4.42 Å². The predicted octanol–water partition coefficient (Wildman–Crippen LogP) is 1.15. The molecule has 0 aliphatic heterocycles. The highest BCUT2D eigenvalue weighted by atomic mass is 32.2. The van der Waals surface area contributed by atoms with Gasteiger partial charge in [-0.15, -0.1) is 0 Å². The summed E-state index contributed by atoms with van der Waals surface area (Å²) >= 11 is 0. The molecule has 20 heavy (non-hydrogen) atoms. The number of sulfonamides is 1. The monoisotopic (exact) mass is 299 g/mol. The second-order valence-electron chi connectivity index (χ2n) is 4.55. The first kappa shape index (κ1) is 14.8. The fraction of sp³-hybridized carbons (Fsp3) is 0.417. The number of nitrogens with zero attached hydrogens (tertiary/aromatic N) is 1. The average Bonchev–Trinajstić information content (AvgIpc) is 2.95. The Kier molecular flexibility index (Phi) is 3.98. The molecule has 0 saturated carbocycles. The van der Waals surface area contributed by atoms with Crippen LogP contribution in [0.4, 0.5) is 0 Å². The van der Waals surface area contributed by atoms with Gasteiger partial charge in [0.1, 0.15) is 16.4 Å². The molecule has 7 nitrogen and oxygen atoms in total. The molecule has 2 rings (SSSR count). The number of aromatic amines is 1. The number of aliphatic hydroxyl groups excluding tert-OH is 1. The van der Waals surface area contributed by atoms with Gasteiger partial charge in [0, 0.05) is 23.4 Å². The van der Waals surface area contributed by atoms with Gasteiger partial charge in [0.05, 0.1) is 12.8 Å². The smallest absolute Gasteiger partial charge is 0.244 e. The minimum Gasteiger partial charge on any atom is -0.465 e. The lowest BCUT2D eigenvalue weighted by Crippen LogP contribution is -2.27. The number of hydrogen-bond acceptors (Lipinski definition) is 5. The minimum atomic E-state index is -3.78. The minimum absolute atomic E-state index is 0.00726. The topological polar surface area (TPSA) is 108 Å². The van der Waals surface area contributed by atoms with E-state index in [1.807, 2.05) is 0 Å². The molecule has 1 atom stereocenters. The first-order valence-corrected chi connectivity index (χ1v) is 7.56. The van der Waals surface area contributed by atoms with Crippen LogP contribution in [0, 0.1) is 13.8 Å². The van der Waals surface area contributed by atoms with Gasteiger partial charge in [-0.05, 0) is 20.8 Å². The molecule has 2 aromatic rings. The Morgan fingerprint density at radius 3 is 2.70 bits per heavy atom. The van der Waals surface area contributed by atoms with Crippen LogP contribution < -0.4 is 4.72 Å². The van der Waals surface area contributed by atoms with Crippen molar-refractivity contribution in [3.63, 3.8) is 0 Å². The molecule has 110 valence electrons. The number of aromatic nitrogens is 2. The first-order chi connectivity index (χ1) is 9.36. The van der Waals surface area contributed by atoms with Gasteiger partial charge in [-0.25, -0.2) is 13.1 Å². The van der Waals surface area contributed by atoms with E-state index in [-0.39, 0.29) is 22.8 Å². The Labute approximate surface area is 117 Å². The van der Waals surface area contributed by atoms with Crippen LogP contribution in [0.25, 0.3) is 0 Å². The van der Waals surface area contributed by atoms with Crippen LogP contribution in [0.2, 0.25) is 0 Å². The summed E-state index contributed by atoms with van der Waals surface area (Å²) in [4.78, 5) is 0.00726. The van der Waals surface area contributed by atoms with E-state index in [9.17, 15) is 13.5 Å². The Morgan fingerprint density at radius 1 is 1.45 bits per heavy atom. The molecule has 0 aliphatic carbocycles. The molecule has 0 amide bonds. The number of hydrogen-bond donors (Lipinski definition) is 3. The second-order valence-corrected chi connectivity index (χ2v) is 6.21. The van der Waals surface area contributed by atoms with Gasteiger partial charge in [0.15, 0.2) is 0 Å². The Balaban J connectivity index is 2.36. The maximum absolute atomic E-state index is 12.4. The molecule has 8 heteroatoms. The third-order valence-corrected chi connectivity index (χ3v) is 4.84. The van der Waals surface area contributed by atoms with Crippen LogP contribution >= 0.6 is 0 Å². The van der Waals surface area contributed by atoms with Crippen molar-refractivity contribution in [2.24, 2.45) is 0 Å². The molecule has 0 aliphatic rings. The molecule has 3 N–H and O–H groups in total. The third-order valence-electron chi connectivity index (χ3n) is 3.10. The predicted molar refractivity (Wildman–Crippen MR) is 71.4 cm³/mol. The van der Waals surface area contributed by atoms with Crippen molar-refractivity contribution in [2.45, 2.75) is 38.3 Å². The molecule has 2 aromatic heterocycles. The fourth-order valence-electron chi connectivity index (χ4n) is 2.10. The van der Waals surface area contributed by atoms with Gasteiger partial charge >= 0.3 is 0 Å². The van der Waals surface area contributed by atoms with E-state index in [2.05, 4.69) is 14.9 Å². The zero-order valence-corrected chi connectivity index (χ0v) is 12.3. The molecule has 0 fully saturated rings. The molecule has 0 aromatic carbocycles. The van der Waals surface area contributed by atoms with Crippen molar-refractivity contribution in [2.75, 3.05) is 0 Å².